The smallest absolute Gasteiger partial charge is 0.251 e. The van der Waals surface area contributed by atoms with E-state index in [1.165, 1.54) is 0 Å². The zero-order chi connectivity index (χ0) is 9.84. The number of carbonyl (C=O) groups excluding carboxylic acids is 1. The van der Waals surface area contributed by atoms with Crippen molar-refractivity contribution in [1.82, 2.24) is 5.32 Å². The molecule has 0 atom stereocenters. The summed E-state index contributed by atoms with van der Waals surface area (Å²) in [4.78, 5) is 11.6. The number of nitrogens with one attached hydrogen (secondary N) is 1. The average molecular weight is 176 g/mol. The van der Waals surface area contributed by atoms with Crippen LogP contribution in [-0.2, 0) is 0 Å². The van der Waals surface area contributed by atoms with E-state index in [-0.39, 0.29) is 11.9 Å². The standard InChI is InChI=1S/C11H14NO/c1-8(2)12-11(13)10-7-5-4-6-9(10)3/h5-8H,1-3H3,(H,12,13). The van der Waals surface area contributed by atoms with Crippen LogP contribution in [0.2, 0.25) is 0 Å². The van der Waals surface area contributed by atoms with E-state index in [9.17, 15) is 4.79 Å². The number of hydrogen-bond donors (Lipinski definition) is 1. The number of rotatable bonds is 2. The minimum atomic E-state index is -0.0125. The minimum Gasteiger partial charge on any atom is -0.350 e. The molecule has 1 rings (SSSR count). The number of carbonyl (C=O) groups is 1. The summed E-state index contributed by atoms with van der Waals surface area (Å²) in [5.74, 6) is -0.0125. The molecule has 0 saturated heterocycles. The number of aryl methyl sites for hydroxylation is 1. The fourth-order valence-corrected chi connectivity index (χ4v) is 1.11. The molecule has 1 aromatic carbocycles. The lowest BCUT2D eigenvalue weighted by atomic mass is 10.1. The van der Waals surface area contributed by atoms with Crippen molar-refractivity contribution in [2.24, 2.45) is 0 Å². The zero-order valence-electron chi connectivity index (χ0n) is 8.22. The second kappa shape index (κ2) is 4.08. The van der Waals surface area contributed by atoms with Crippen molar-refractivity contribution < 1.29 is 4.79 Å². The maximum atomic E-state index is 11.6. The molecule has 0 heterocycles. The van der Waals surface area contributed by atoms with Gasteiger partial charge in [0.1, 0.15) is 0 Å². The first kappa shape index (κ1) is 9.78. The molecule has 1 radical (unpaired) electrons. The normalized spacial score (nSPS) is 10.2. The van der Waals surface area contributed by atoms with E-state index in [0.717, 1.165) is 11.1 Å². The van der Waals surface area contributed by atoms with Crippen LogP contribution in [0.4, 0.5) is 0 Å². The Morgan fingerprint density at radius 3 is 2.77 bits per heavy atom. The first-order valence-electron chi connectivity index (χ1n) is 4.39. The Hall–Kier alpha value is -1.31. The Morgan fingerprint density at radius 1 is 1.54 bits per heavy atom. The maximum Gasteiger partial charge on any atom is 0.251 e. The summed E-state index contributed by atoms with van der Waals surface area (Å²) in [5.41, 5.74) is 1.69. The van der Waals surface area contributed by atoms with Crippen molar-refractivity contribution >= 4 is 5.91 Å². The van der Waals surface area contributed by atoms with Gasteiger partial charge in [-0.3, -0.25) is 4.79 Å². The van der Waals surface area contributed by atoms with Crippen LogP contribution in [0.25, 0.3) is 0 Å². The molecule has 69 valence electrons. The van der Waals surface area contributed by atoms with Gasteiger partial charge < -0.3 is 5.32 Å². The lowest BCUT2D eigenvalue weighted by molar-refractivity contribution is 0.0942. The summed E-state index contributed by atoms with van der Waals surface area (Å²) in [6.07, 6.45) is 0. The molecule has 1 amide bonds. The molecule has 1 N–H and O–H groups in total. The van der Waals surface area contributed by atoms with Crippen molar-refractivity contribution in [1.29, 1.82) is 0 Å². The molecule has 0 unspecified atom stereocenters. The van der Waals surface area contributed by atoms with E-state index in [1.807, 2.05) is 26.8 Å². The summed E-state index contributed by atoms with van der Waals surface area (Å²) in [7, 11) is 0. The van der Waals surface area contributed by atoms with Crippen LogP contribution in [0.15, 0.2) is 18.2 Å². The lowest BCUT2D eigenvalue weighted by Crippen LogP contribution is -2.30. The Bertz CT molecular complexity index is 305. The number of amides is 1. The highest BCUT2D eigenvalue weighted by Crippen LogP contribution is 2.06. The van der Waals surface area contributed by atoms with E-state index < -0.39 is 0 Å². The Kier molecular flexibility index (Phi) is 3.07. The summed E-state index contributed by atoms with van der Waals surface area (Å²) in [5, 5.41) is 2.85. The van der Waals surface area contributed by atoms with Crippen LogP contribution >= 0.6 is 0 Å². The highest BCUT2D eigenvalue weighted by molar-refractivity contribution is 5.95. The molecule has 0 aromatic heterocycles. The first-order valence-corrected chi connectivity index (χ1v) is 4.39. The van der Waals surface area contributed by atoms with Gasteiger partial charge in [-0.05, 0) is 38.5 Å². The molecular formula is C11H14NO. The Labute approximate surface area is 79.0 Å². The molecular weight excluding hydrogens is 162 g/mol. The van der Waals surface area contributed by atoms with Gasteiger partial charge in [0, 0.05) is 11.6 Å². The van der Waals surface area contributed by atoms with Crippen LogP contribution in [0.1, 0.15) is 29.8 Å². The topological polar surface area (TPSA) is 29.1 Å². The van der Waals surface area contributed by atoms with Gasteiger partial charge in [-0.2, -0.15) is 0 Å². The summed E-state index contributed by atoms with van der Waals surface area (Å²) in [6.45, 7) is 5.80. The summed E-state index contributed by atoms with van der Waals surface area (Å²) < 4.78 is 0. The monoisotopic (exact) mass is 176 g/mol. The molecule has 2 nitrogen and oxygen atoms in total. The number of benzene rings is 1. The van der Waals surface area contributed by atoms with Gasteiger partial charge in [-0.15, -0.1) is 0 Å². The van der Waals surface area contributed by atoms with E-state index in [4.69, 9.17) is 0 Å². The van der Waals surface area contributed by atoms with E-state index in [2.05, 4.69) is 11.4 Å². The van der Waals surface area contributed by atoms with Crippen molar-refractivity contribution in [2.75, 3.05) is 0 Å². The molecule has 0 aliphatic rings. The minimum absolute atomic E-state index is 0.0125. The van der Waals surface area contributed by atoms with E-state index in [0.29, 0.717) is 0 Å². The Balaban J connectivity index is 2.83. The average Bonchev–Trinajstić information content (AvgIpc) is 2.03. The molecule has 0 saturated carbocycles. The summed E-state index contributed by atoms with van der Waals surface area (Å²) >= 11 is 0. The SMILES string of the molecule is Cc1c[c]ccc1C(=O)NC(C)C. The molecule has 0 fully saturated rings. The van der Waals surface area contributed by atoms with Gasteiger partial charge in [-0.25, -0.2) is 0 Å². The van der Waals surface area contributed by atoms with Crippen LogP contribution in [0, 0.1) is 13.0 Å². The van der Waals surface area contributed by atoms with Gasteiger partial charge >= 0.3 is 0 Å². The van der Waals surface area contributed by atoms with Crippen molar-refractivity contribution in [3.8, 4) is 0 Å². The van der Waals surface area contributed by atoms with Crippen LogP contribution in [-0.4, -0.2) is 11.9 Å². The fourth-order valence-electron chi connectivity index (χ4n) is 1.11. The highest BCUT2D eigenvalue weighted by atomic mass is 16.1. The van der Waals surface area contributed by atoms with Crippen molar-refractivity contribution in [3.63, 3.8) is 0 Å². The quantitative estimate of drug-likeness (QED) is 0.733. The zero-order valence-corrected chi connectivity index (χ0v) is 8.22. The molecule has 0 spiro atoms. The van der Waals surface area contributed by atoms with Gasteiger partial charge in [-0.1, -0.05) is 12.1 Å². The Morgan fingerprint density at radius 2 is 2.23 bits per heavy atom. The van der Waals surface area contributed by atoms with Gasteiger partial charge in [0.2, 0.25) is 0 Å². The van der Waals surface area contributed by atoms with Crippen LogP contribution in [0.3, 0.4) is 0 Å². The fraction of sp³-hybridized carbons (Fsp3) is 0.364. The predicted molar refractivity (Wildman–Crippen MR) is 52.6 cm³/mol. The van der Waals surface area contributed by atoms with Gasteiger partial charge in [0.05, 0.1) is 0 Å². The van der Waals surface area contributed by atoms with Crippen molar-refractivity contribution in [3.05, 3.63) is 35.4 Å². The molecule has 1 aromatic rings. The maximum absolute atomic E-state index is 11.6. The van der Waals surface area contributed by atoms with E-state index in [1.54, 1.807) is 12.1 Å². The number of hydrogen-bond acceptors (Lipinski definition) is 1. The van der Waals surface area contributed by atoms with Gasteiger partial charge in [0.25, 0.3) is 5.91 Å². The van der Waals surface area contributed by atoms with E-state index >= 15 is 0 Å². The first-order chi connectivity index (χ1) is 6.11. The molecule has 0 aliphatic heterocycles. The molecule has 13 heavy (non-hydrogen) atoms. The second-order valence-electron chi connectivity index (χ2n) is 3.37. The molecule has 2 heteroatoms. The third kappa shape index (κ3) is 2.58. The third-order valence-electron chi connectivity index (χ3n) is 1.74. The van der Waals surface area contributed by atoms with Crippen LogP contribution < -0.4 is 5.32 Å². The summed E-state index contributed by atoms with van der Waals surface area (Å²) in [6, 6.07) is 8.46. The van der Waals surface area contributed by atoms with Crippen molar-refractivity contribution in [2.45, 2.75) is 26.8 Å². The van der Waals surface area contributed by atoms with Gasteiger partial charge in [0.15, 0.2) is 0 Å². The molecule has 0 aliphatic carbocycles. The highest BCUT2D eigenvalue weighted by Gasteiger charge is 2.08. The molecule has 0 bridgehead atoms. The second-order valence-corrected chi connectivity index (χ2v) is 3.37. The largest absolute Gasteiger partial charge is 0.350 e. The predicted octanol–water partition coefficient (Wildman–Crippen LogP) is 1.93. The van der Waals surface area contributed by atoms with Crippen LogP contribution in [0.5, 0.6) is 0 Å². The lowest BCUT2D eigenvalue weighted by Gasteiger charge is -2.09. The third-order valence-corrected chi connectivity index (χ3v) is 1.74.